The van der Waals surface area contributed by atoms with E-state index in [0.717, 1.165) is 42.5 Å². The molecule has 7 nitrogen and oxygen atoms in total. The maximum absolute atomic E-state index is 12.7. The Kier molecular flexibility index (Phi) is 3.88. The first-order valence-electron chi connectivity index (χ1n) is 9.51. The van der Waals surface area contributed by atoms with Gasteiger partial charge in [0.2, 0.25) is 0 Å². The largest absolute Gasteiger partial charge is 0.497 e. The fourth-order valence-corrected chi connectivity index (χ4v) is 4.13. The van der Waals surface area contributed by atoms with E-state index in [0.29, 0.717) is 5.92 Å². The summed E-state index contributed by atoms with van der Waals surface area (Å²) < 4.78 is 5.16. The summed E-state index contributed by atoms with van der Waals surface area (Å²) in [4.78, 5) is 25.8. The molecule has 0 radical (unpaired) electrons. The molecule has 1 aliphatic carbocycles. The number of carbonyl (C=O) groups is 1. The van der Waals surface area contributed by atoms with Gasteiger partial charge in [-0.15, -0.1) is 0 Å². The molecule has 6 rings (SSSR count). The fraction of sp³-hybridized carbons (Fsp3) is 0.450. The Morgan fingerprint density at radius 2 is 1.89 bits per heavy atom. The van der Waals surface area contributed by atoms with E-state index in [2.05, 4.69) is 26.3 Å². The van der Waals surface area contributed by atoms with Crippen LogP contribution in [0, 0.1) is 0 Å². The maximum Gasteiger partial charge on any atom is 0.322 e. The second-order valence-electron chi connectivity index (χ2n) is 7.59. The van der Waals surface area contributed by atoms with Gasteiger partial charge < -0.3 is 19.9 Å². The standard InChI is InChI=1S/C20H23N5O2/c1-27-17-6-4-14(5-7-17)23-20(26)25-15-8-16(25)11-24(10-15)19-9-18(13-2-3-13)21-12-22-19/h4-7,9,12-13,15-16H,2-3,8,10-11H2,1H3,(H,23,26). The van der Waals surface area contributed by atoms with E-state index in [-0.39, 0.29) is 18.1 Å². The lowest BCUT2D eigenvalue weighted by molar-refractivity contribution is 0.0436. The van der Waals surface area contributed by atoms with Crippen molar-refractivity contribution in [1.82, 2.24) is 14.9 Å². The minimum atomic E-state index is -0.0255. The molecule has 4 aliphatic rings. The van der Waals surface area contributed by atoms with Gasteiger partial charge in [-0.2, -0.15) is 0 Å². The monoisotopic (exact) mass is 365 g/mol. The van der Waals surface area contributed by atoms with Crippen LogP contribution in [-0.4, -0.2) is 53.2 Å². The first-order chi connectivity index (χ1) is 13.2. The molecule has 2 unspecified atom stereocenters. The number of aromatic nitrogens is 2. The summed E-state index contributed by atoms with van der Waals surface area (Å²) in [6.07, 6.45) is 5.21. The summed E-state index contributed by atoms with van der Waals surface area (Å²) in [6.45, 7) is 1.65. The summed E-state index contributed by atoms with van der Waals surface area (Å²) in [7, 11) is 1.63. The van der Waals surface area contributed by atoms with Crippen molar-refractivity contribution in [1.29, 1.82) is 0 Å². The van der Waals surface area contributed by atoms with Gasteiger partial charge in [0.15, 0.2) is 0 Å². The molecule has 27 heavy (non-hydrogen) atoms. The Hall–Kier alpha value is -2.83. The van der Waals surface area contributed by atoms with E-state index < -0.39 is 0 Å². The molecule has 140 valence electrons. The number of fused-ring (bicyclic) bond motifs is 2. The molecule has 1 aromatic heterocycles. The first-order valence-corrected chi connectivity index (χ1v) is 9.51. The third-order valence-corrected chi connectivity index (χ3v) is 5.76. The number of rotatable bonds is 4. The zero-order valence-electron chi connectivity index (χ0n) is 15.3. The number of urea groups is 1. The Bertz CT molecular complexity index is 840. The van der Waals surface area contributed by atoms with E-state index >= 15 is 0 Å². The van der Waals surface area contributed by atoms with Gasteiger partial charge in [0.05, 0.1) is 19.2 Å². The highest BCUT2D eigenvalue weighted by molar-refractivity contribution is 5.90. The van der Waals surface area contributed by atoms with Crippen LogP contribution in [0.25, 0.3) is 0 Å². The lowest BCUT2D eigenvalue weighted by atomic mass is 9.88. The van der Waals surface area contributed by atoms with Crippen LogP contribution in [0.1, 0.15) is 30.9 Å². The maximum atomic E-state index is 12.7. The molecule has 3 saturated heterocycles. The van der Waals surface area contributed by atoms with Gasteiger partial charge in [-0.25, -0.2) is 14.8 Å². The number of methoxy groups -OCH3 is 1. The van der Waals surface area contributed by atoms with Crippen LogP contribution in [0.2, 0.25) is 0 Å². The molecule has 1 saturated carbocycles. The SMILES string of the molecule is COc1ccc(NC(=O)N2C3CC2CN(c2cc(C4CC4)ncn2)C3)cc1. The van der Waals surface area contributed by atoms with E-state index in [9.17, 15) is 4.79 Å². The minimum absolute atomic E-state index is 0.0255. The third-order valence-electron chi connectivity index (χ3n) is 5.76. The van der Waals surface area contributed by atoms with E-state index in [1.807, 2.05) is 29.2 Å². The summed E-state index contributed by atoms with van der Waals surface area (Å²) in [5, 5.41) is 3.00. The zero-order chi connectivity index (χ0) is 18.4. The second kappa shape index (κ2) is 6.40. The number of piperidine rings is 1. The molecule has 1 aromatic carbocycles. The molecular formula is C20H23N5O2. The number of nitrogens with zero attached hydrogens (tertiary/aromatic N) is 4. The Balaban J connectivity index is 1.23. The second-order valence-corrected chi connectivity index (χ2v) is 7.59. The van der Waals surface area contributed by atoms with Crippen LogP contribution < -0.4 is 15.0 Å². The molecule has 2 aromatic rings. The molecule has 0 spiro atoms. The van der Waals surface area contributed by atoms with Crippen molar-refractivity contribution in [2.24, 2.45) is 0 Å². The lowest BCUT2D eigenvalue weighted by Gasteiger charge is -2.56. The third kappa shape index (κ3) is 3.07. The highest BCUT2D eigenvalue weighted by Crippen LogP contribution is 2.40. The number of amides is 2. The van der Waals surface area contributed by atoms with Crippen molar-refractivity contribution >= 4 is 17.5 Å². The van der Waals surface area contributed by atoms with Gasteiger partial charge in [0, 0.05) is 36.5 Å². The zero-order valence-corrected chi connectivity index (χ0v) is 15.3. The number of anilines is 2. The molecule has 2 amide bonds. The van der Waals surface area contributed by atoms with Crippen LogP contribution in [0.3, 0.4) is 0 Å². The van der Waals surface area contributed by atoms with Gasteiger partial charge in [-0.3, -0.25) is 0 Å². The van der Waals surface area contributed by atoms with Crippen molar-refractivity contribution in [3.63, 3.8) is 0 Å². The lowest BCUT2D eigenvalue weighted by Crippen LogP contribution is -2.71. The highest BCUT2D eigenvalue weighted by Gasteiger charge is 2.47. The number of nitrogens with one attached hydrogen (secondary N) is 1. The number of carbonyl (C=O) groups excluding carboxylic acids is 1. The highest BCUT2D eigenvalue weighted by atomic mass is 16.5. The quantitative estimate of drug-likeness (QED) is 0.902. The Morgan fingerprint density at radius 3 is 2.56 bits per heavy atom. The number of hydrogen-bond donors (Lipinski definition) is 1. The Labute approximate surface area is 158 Å². The molecule has 4 heterocycles. The molecular weight excluding hydrogens is 342 g/mol. The van der Waals surface area contributed by atoms with Crippen LogP contribution in [0.4, 0.5) is 16.3 Å². The van der Waals surface area contributed by atoms with Gasteiger partial charge in [-0.1, -0.05) is 0 Å². The van der Waals surface area contributed by atoms with Crippen molar-refractivity contribution < 1.29 is 9.53 Å². The summed E-state index contributed by atoms with van der Waals surface area (Å²) in [6, 6.07) is 9.99. The van der Waals surface area contributed by atoms with Crippen molar-refractivity contribution in [3.05, 3.63) is 42.4 Å². The van der Waals surface area contributed by atoms with Gasteiger partial charge in [0.1, 0.15) is 17.9 Å². The topological polar surface area (TPSA) is 70.6 Å². The number of benzene rings is 1. The number of hydrogen-bond acceptors (Lipinski definition) is 5. The number of piperazine rings is 1. The molecule has 7 heteroatoms. The fourth-order valence-electron chi connectivity index (χ4n) is 4.13. The Morgan fingerprint density at radius 1 is 1.15 bits per heavy atom. The van der Waals surface area contributed by atoms with Crippen LogP contribution in [-0.2, 0) is 0 Å². The molecule has 1 N–H and O–H groups in total. The molecule has 2 bridgehead atoms. The minimum Gasteiger partial charge on any atom is -0.497 e. The van der Waals surface area contributed by atoms with Crippen LogP contribution >= 0.6 is 0 Å². The normalized spacial score (nSPS) is 23.6. The summed E-state index contributed by atoms with van der Waals surface area (Å²) >= 11 is 0. The van der Waals surface area contributed by atoms with Gasteiger partial charge in [0.25, 0.3) is 0 Å². The van der Waals surface area contributed by atoms with E-state index in [1.165, 1.54) is 12.8 Å². The van der Waals surface area contributed by atoms with E-state index in [4.69, 9.17) is 4.74 Å². The summed E-state index contributed by atoms with van der Waals surface area (Å²) in [5.74, 6) is 2.40. The van der Waals surface area contributed by atoms with Crippen LogP contribution in [0.5, 0.6) is 5.75 Å². The van der Waals surface area contributed by atoms with Gasteiger partial charge in [-0.05, 0) is 43.5 Å². The van der Waals surface area contributed by atoms with Crippen molar-refractivity contribution in [2.75, 3.05) is 30.4 Å². The van der Waals surface area contributed by atoms with Gasteiger partial charge >= 0.3 is 6.03 Å². The predicted octanol–water partition coefficient (Wildman–Crippen LogP) is 2.86. The van der Waals surface area contributed by atoms with Crippen molar-refractivity contribution in [2.45, 2.75) is 37.3 Å². The van der Waals surface area contributed by atoms with Crippen LogP contribution in [0.15, 0.2) is 36.7 Å². The van der Waals surface area contributed by atoms with E-state index in [1.54, 1.807) is 13.4 Å². The summed E-state index contributed by atoms with van der Waals surface area (Å²) in [5.41, 5.74) is 1.95. The number of ether oxygens (including phenoxy) is 1. The molecule has 3 aliphatic heterocycles. The smallest absolute Gasteiger partial charge is 0.322 e. The average Bonchev–Trinajstić information content (AvgIpc) is 3.54. The molecule has 2 atom stereocenters. The predicted molar refractivity (Wildman–Crippen MR) is 102 cm³/mol. The van der Waals surface area contributed by atoms with Crippen molar-refractivity contribution in [3.8, 4) is 5.75 Å². The first kappa shape index (κ1) is 16.4. The molecule has 4 fully saturated rings. The average molecular weight is 365 g/mol.